The molecule has 0 atom stereocenters. The number of ether oxygens (including phenoxy) is 1. The van der Waals surface area contributed by atoms with Crippen LogP contribution < -0.4 is 10.9 Å². The average Bonchev–Trinajstić information content (AvgIpc) is 3.05. The van der Waals surface area contributed by atoms with Crippen molar-refractivity contribution in [1.29, 1.82) is 0 Å². The monoisotopic (exact) mass is 343 g/mol. The number of thiophene rings is 1. The molecule has 0 unspecified atom stereocenters. The fourth-order valence-electron chi connectivity index (χ4n) is 2.24. The molecule has 3 rings (SSSR count). The van der Waals surface area contributed by atoms with E-state index in [1.165, 1.54) is 24.3 Å². The number of nitrogens with one attached hydrogen (secondary N) is 1. The fourth-order valence-corrected chi connectivity index (χ4v) is 2.86. The van der Waals surface area contributed by atoms with Gasteiger partial charge in [0.2, 0.25) is 5.91 Å². The molecule has 3 aromatic rings. The summed E-state index contributed by atoms with van der Waals surface area (Å²) in [6.07, 6.45) is 0. The number of hydrogen-bond acceptors (Lipinski definition) is 6. The predicted molar refractivity (Wildman–Crippen MR) is 90.2 cm³/mol. The smallest absolute Gasteiger partial charge is 0.348 e. The summed E-state index contributed by atoms with van der Waals surface area (Å²) in [5.74, 6) is -0.668. The second-order valence-corrected chi connectivity index (χ2v) is 5.98. The number of esters is 1. The van der Waals surface area contributed by atoms with E-state index < -0.39 is 11.6 Å². The molecule has 1 aromatic carbocycles. The molecule has 24 heavy (non-hydrogen) atoms. The molecule has 0 saturated carbocycles. The first-order chi connectivity index (χ1) is 11.5. The second-order valence-electron chi connectivity index (χ2n) is 5.04. The molecule has 1 amide bonds. The number of rotatable bonds is 4. The van der Waals surface area contributed by atoms with Crippen LogP contribution >= 0.6 is 11.3 Å². The van der Waals surface area contributed by atoms with Crippen molar-refractivity contribution in [1.82, 2.24) is 0 Å². The summed E-state index contributed by atoms with van der Waals surface area (Å²) in [4.78, 5) is 35.2. The molecule has 2 aromatic heterocycles. The Morgan fingerprint density at radius 1 is 1.25 bits per heavy atom. The van der Waals surface area contributed by atoms with Crippen LogP contribution in [-0.4, -0.2) is 11.9 Å². The molecule has 0 spiro atoms. The topological polar surface area (TPSA) is 85.6 Å². The van der Waals surface area contributed by atoms with Gasteiger partial charge in [0, 0.05) is 35.7 Å². The number of benzene rings is 1. The summed E-state index contributed by atoms with van der Waals surface area (Å²) in [6.45, 7) is 1.35. The molecule has 0 aliphatic carbocycles. The Hall–Kier alpha value is -2.93. The molecule has 0 aliphatic heterocycles. The highest BCUT2D eigenvalue weighted by Crippen LogP contribution is 2.22. The van der Waals surface area contributed by atoms with Gasteiger partial charge in [0.1, 0.15) is 17.1 Å². The van der Waals surface area contributed by atoms with Gasteiger partial charge in [0.15, 0.2) is 0 Å². The highest BCUT2D eigenvalue weighted by molar-refractivity contribution is 7.11. The maximum absolute atomic E-state index is 11.9. The van der Waals surface area contributed by atoms with Crippen LogP contribution in [0.5, 0.6) is 0 Å². The summed E-state index contributed by atoms with van der Waals surface area (Å²) in [5.41, 5.74) is 0.826. The van der Waals surface area contributed by atoms with Crippen LogP contribution in [-0.2, 0) is 16.1 Å². The van der Waals surface area contributed by atoms with Gasteiger partial charge in [-0.3, -0.25) is 4.79 Å². The first-order valence-corrected chi connectivity index (χ1v) is 7.96. The van der Waals surface area contributed by atoms with E-state index >= 15 is 0 Å². The Bertz CT molecular complexity index is 959. The highest BCUT2D eigenvalue weighted by Gasteiger charge is 2.12. The number of hydrogen-bond donors (Lipinski definition) is 1. The van der Waals surface area contributed by atoms with Gasteiger partial charge in [-0.25, -0.2) is 9.59 Å². The maximum atomic E-state index is 11.9. The minimum Gasteiger partial charge on any atom is -0.457 e. The lowest BCUT2D eigenvalue weighted by atomic mass is 10.1. The van der Waals surface area contributed by atoms with Crippen LogP contribution in [0.4, 0.5) is 5.69 Å². The quantitative estimate of drug-likeness (QED) is 0.581. The van der Waals surface area contributed by atoms with Crippen molar-refractivity contribution in [2.24, 2.45) is 0 Å². The third-order valence-electron chi connectivity index (χ3n) is 3.23. The molecule has 0 radical (unpaired) electrons. The van der Waals surface area contributed by atoms with Crippen molar-refractivity contribution in [3.63, 3.8) is 0 Å². The van der Waals surface area contributed by atoms with Crippen LogP contribution in [0.1, 0.15) is 22.2 Å². The van der Waals surface area contributed by atoms with E-state index in [0.717, 1.165) is 0 Å². The summed E-state index contributed by atoms with van der Waals surface area (Å²) in [7, 11) is 0. The minimum atomic E-state index is -0.551. The molecule has 2 heterocycles. The van der Waals surface area contributed by atoms with E-state index in [1.54, 1.807) is 35.7 Å². The zero-order valence-electron chi connectivity index (χ0n) is 12.7. The van der Waals surface area contributed by atoms with Gasteiger partial charge in [-0.15, -0.1) is 11.3 Å². The van der Waals surface area contributed by atoms with Crippen LogP contribution in [0, 0.1) is 0 Å². The molecule has 0 bridgehead atoms. The van der Waals surface area contributed by atoms with Crippen LogP contribution in [0.2, 0.25) is 0 Å². The number of fused-ring (bicyclic) bond motifs is 1. The molecule has 0 aliphatic rings. The normalized spacial score (nSPS) is 10.5. The number of carbonyl (C=O) groups excluding carboxylic acids is 2. The van der Waals surface area contributed by atoms with E-state index in [4.69, 9.17) is 9.15 Å². The Morgan fingerprint density at radius 2 is 2.08 bits per heavy atom. The Labute approximate surface area is 140 Å². The second kappa shape index (κ2) is 6.67. The van der Waals surface area contributed by atoms with E-state index in [1.807, 2.05) is 0 Å². The van der Waals surface area contributed by atoms with E-state index in [9.17, 15) is 14.4 Å². The van der Waals surface area contributed by atoms with Crippen LogP contribution in [0.15, 0.2) is 51.0 Å². The minimum absolute atomic E-state index is 0.0433. The SMILES string of the molecule is CC(=O)Nc1ccc2c(COC(=O)c3cccs3)cc(=O)oc2c1. The zero-order chi connectivity index (χ0) is 17.1. The van der Waals surface area contributed by atoms with Gasteiger partial charge >= 0.3 is 11.6 Å². The van der Waals surface area contributed by atoms with E-state index in [-0.39, 0.29) is 12.5 Å². The number of carbonyl (C=O) groups is 2. The molecule has 7 heteroatoms. The van der Waals surface area contributed by atoms with Crippen molar-refractivity contribution in [3.8, 4) is 0 Å². The number of amides is 1. The first-order valence-electron chi connectivity index (χ1n) is 7.08. The largest absolute Gasteiger partial charge is 0.457 e. The summed E-state index contributed by atoms with van der Waals surface area (Å²) in [5, 5.41) is 5.05. The van der Waals surface area contributed by atoms with E-state index in [2.05, 4.69) is 5.32 Å². The van der Waals surface area contributed by atoms with Gasteiger partial charge in [0.25, 0.3) is 0 Å². The molecular formula is C17H13NO5S. The zero-order valence-corrected chi connectivity index (χ0v) is 13.5. The lowest BCUT2D eigenvalue weighted by molar-refractivity contribution is -0.114. The molecule has 0 fully saturated rings. The van der Waals surface area contributed by atoms with Crippen molar-refractivity contribution < 1.29 is 18.7 Å². The van der Waals surface area contributed by atoms with Gasteiger partial charge in [-0.2, -0.15) is 0 Å². The molecule has 122 valence electrons. The van der Waals surface area contributed by atoms with Gasteiger partial charge in [0.05, 0.1) is 0 Å². The van der Waals surface area contributed by atoms with E-state index in [0.29, 0.717) is 27.1 Å². The van der Waals surface area contributed by atoms with Crippen LogP contribution in [0.3, 0.4) is 0 Å². The summed E-state index contributed by atoms with van der Waals surface area (Å²) < 4.78 is 10.4. The third kappa shape index (κ3) is 3.52. The molecular weight excluding hydrogens is 330 g/mol. The highest BCUT2D eigenvalue weighted by atomic mass is 32.1. The molecule has 0 saturated heterocycles. The lowest BCUT2D eigenvalue weighted by Crippen LogP contribution is -2.08. The Kier molecular flexibility index (Phi) is 4.43. The molecule has 1 N–H and O–H groups in total. The van der Waals surface area contributed by atoms with Gasteiger partial charge in [-0.05, 0) is 23.6 Å². The molecule has 6 nitrogen and oxygen atoms in total. The van der Waals surface area contributed by atoms with Crippen molar-refractivity contribution in [2.75, 3.05) is 5.32 Å². The Morgan fingerprint density at radius 3 is 2.79 bits per heavy atom. The summed E-state index contributed by atoms with van der Waals surface area (Å²) >= 11 is 1.29. The maximum Gasteiger partial charge on any atom is 0.348 e. The van der Waals surface area contributed by atoms with Gasteiger partial charge < -0.3 is 14.5 Å². The standard InChI is InChI=1S/C17H13NO5S/c1-10(19)18-12-4-5-13-11(7-16(20)23-14(13)8-12)9-22-17(21)15-3-2-6-24-15/h2-8H,9H2,1H3,(H,18,19). The number of anilines is 1. The third-order valence-corrected chi connectivity index (χ3v) is 4.08. The first kappa shape index (κ1) is 15.9. The summed E-state index contributed by atoms with van der Waals surface area (Å²) in [6, 6.07) is 9.68. The fraction of sp³-hybridized carbons (Fsp3) is 0.118. The van der Waals surface area contributed by atoms with Crippen LogP contribution in [0.25, 0.3) is 11.0 Å². The van der Waals surface area contributed by atoms with Crippen molar-refractivity contribution in [2.45, 2.75) is 13.5 Å². The predicted octanol–water partition coefficient (Wildman–Crippen LogP) is 3.17. The van der Waals surface area contributed by atoms with Crippen molar-refractivity contribution >= 4 is 39.9 Å². The van der Waals surface area contributed by atoms with Gasteiger partial charge in [-0.1, -0.05) is 6.07 Å². The van der Waals surface area contributed by atoms with Crippen molar-refractivity contribution in [3.05, 3.63) is 62.6 Å². The lowest BCUT2D eigenvalue weighted by Gasteiger charge is -2.08. The Balaban J connectivity index is 1.88. The average molecular weight is 343 g/mol.